The van der Waals surface area contributed by atoms with Gasteiger partial charge in [-0.3, -0.25) is 9.59 Å². The van der Waals surface area contributed by atoms with Crippen LogP contribution in [0.1, 0.15) is 50.5 Å². The second kappa shape index (κ2) is 11.3. The van der Waals surface area contributed by atoms with E-state index >= 15 is 0 Å². The zero-order chi connectivity index (χ0) is 27.4. The van der Waals surface area contributed by atoms with Crippen LogP contribution in [0, 0.1) is 12.8 Å². The third-order valence-electron chi connectivity index (χ3n) is 5.61. The van der Waals surface area contributed by atoms with Crippen molar-refractivity contribution in [2.24, 2.45) is 5.92 Å². The van der Waals surface area contributed by atoms with Gasteiger partial charge >= 0.3 is 5.97 Å². The fraction of sp³-hybridized carbons (Fsp3) is 0.310. The molecule has 1 unspecified atom stereocenters. The van der Waals surface area contributed by atoms with E-state index in [1.165, 1.54) is 6.07 Å². The highest BCUT2D eigenvalue weighted by molar-refractivity contribution is 7.89. The van der Waals surface area contributed by atoms with Crippen molar-refractivity contribution in [2.75, 3.05) is 5.32 Å². The normalized spacial score (nSPS) is 12.7. The number of carbonyl (C=O) groups is 2. The molecule has 3 aromatic carbocycles. The van der Waals surface area contributed by atoms with Crippen molar-refractivity contribution in [3.05, 3.63) is 83.9 Å². The minimum Gasteiger partial charge on any atom is -0.459 e. The Morgan fingerprint density at radius 3 is 2.05 bits per heavy atom. The van der Waals surface area contributed by atoms with Crippen molar-refractivity contribution in [2.45, 2.75) is 58.1 Å². The van der Waals surface area contributed by atoms with E-state index in [2.05, 4.69) is 10.0 Å². The molecule has 0 fully saturated rings. The third kappa shape index (κ3) is 7.50. The minimum atomic E-state index is -3.98. The van der Waals surface area contributed by atoms with Gasteiger partial charge in [0, 0.05) is 11.3 Å². The zero-order valence-electron chi connectivity index (χ0n) is 22.0. The van der Waals surface area contributed by atoms with E-state index in [1.54, 1.807) is 58.9 Å². The maximum atomic E-state index is 13.1. The Labute approximate surface area is 219 Å². The highest BCUT2D eigenvalue weighted by atomic mass is 32.2. The van der Waals surface area contributed by atoms with Gasteiger partial charge in [0.2, 0.25) is 10.0 Å². The molecule has 0 aromatic heterocycles. The molecule has 37 heavy (non-hydrogen) atoms. The number of anilines is 1. The monoisotopic (exact) mass is 522 g/mol. The number of hydrogen-bond donors (Lipinski definition) is 2. The average molecular weight is 523 g/mol. The summed E-state index contributed by atoms with van der Waals surface area (Å²) >= 11 is 0. The van der Waals surface area contributed by atoms with Crippen LogP contribution in [0.15, 0.2) is 77.7 Å². The number of carbonyl (C=O) groups excluding carboxylic acids is 2. The van der Waals surface area contributed by atoms with Crippen LogP contribution in [-0.2, 0) is 19.6 Å². The molecular weight excluding hydrogens is 488 g/mol. The molecule has 0 radical (unpaired) electrons. The lowest BCUT2D eigenvalue weighted by Gasteiger charge is -2.26. The van der Waals surface area contributed by atoms with Crippen LogP contribution >= 0.6 is 0 Å². The van der Waals surface area contributed by atoms with E-state index in [-0.39, 0.29) is 16.7 Å². The molecular formula is C29H34N2O5S. The number of amides is 1. The maximum absolute atomic E-state index is 13.1. The first-order chi connectivity index (χ1) is 17.3. The molecule has 0 aliphatic carbocycles. The number of benzene rings is 3. The van der Waals surface area contributed by atoms with Gasteiger partial charge < -0.3 is 10.1 Å². The SMILES string of the molecule is Cc1cc(S(=O)(=O)NC(C(=O)OC(C)(C)C)C(C)C)ccc1-c1ccc(C(=O)Nc2ccccc2)cc1. The molecule has 2 N–H and O–H groups in total. The van der Waals surface area contributed by atoms with E-state index in [0.29, 0.717) is 11.3 Å². The first-order valence-electron chi connectivity index (χ1n) is 12.1. The summed E-state index contributed by atoms with van der Waals surface area (Å²) in [4.78, 5) is 25.2. The summed E-state index contributed by atoms with van der Waals surface area (Å²) in [5.41, 5.74) is 2.91. The van der Waals surface area contributed by atoms with Crippen molar-refractivity contribution in [1.82, 2.24) is 4.72 Å². The van der Waals surface area contributed by atoms with Crippen LogP contribution in [0.2, 0.25) is 0 Å². The first-order valence-corrected chi connectivity index (χ1v) is 13.6. The smallest absolute Gasteiger partial charge is 0.324 e. The van der Waals surface area contributed by atoms with E-state index in [0.717, 1.165) is 16.7 Å². The van der Waals surface area contributed by atoms with E-state index < -0.39 is 27.6 Å². The Bertz CT molecular complexity index is 1360. The number of ether oxygens (including phenoxy) is 1. The Kier molecular flexibility index (Phi) is 8.56. The van der Waals surface area contributed by atoms with E-state index in [9.17, 15) is 18.0 Å². The molecule has 7 nitrogen and oxygen atoms in total. The highest BCUT2D eigenvalue weighted by Gasteiger charge is 2.32. The number of para-hydroxylation sites is 1. The van der Waals surface area contributed by atoms with Crippen LogP contribution in [0.5, 0.6) is 0 Å². The summed E-state index contributed by atoms with van der Waals surface area (Å²) < 4.78 is 34.2. The van der Waals surface area contributed by atoms with Crippen LogP contribution in [0.25, 0.3) is 11.1 Å². The van der Waals surface area contributed by atoms with Gasteiger partial charge in [-0.05, 0) is 86.7 Å². The van der Waals surface area contributed by atoms with Crippen LogP contribution in [0.4, 0.5) is 5.69 Å². The summed E-state index contributed by atoms with van der Waals surface area (Å²) in [7, 11) is -3.98. The quantitative estimate of drug-likeness (QED) is 0.377. The van der Waals surface area contributed by atoms with Gasteiger partial charge in [-0.15, -0.1) is 0 Å². The lowest BCUT2D eigenvalue weighted by molar-refractivity contribution is -0.158. The Morgan fingerprint density at radius 2 is 1.51 bits per heavy atom. The molecule has 0 spiro atoms. The Morgan fingerprint density at radius 1 is 0.892 bits per heavy atom. The van der Waals surface area contributed by atoms with E-state index in [4.69, 9.17) is 4.74 Å². The number of aryl methyl sites for hydroxylation is 1. The molecule has 0 bridgehead atoms. The fourth-order valence-corrected chi connectivity index (χ4v) is 5.13. The van der Waals surface area contributed by atoms with Gasteiger partial charge in [-0.1, -0.05) is 50.2 Å². The predicted octanol–water partition coefficient (Wildman–Crippen LogP) is 5.56. The summed E-state index contributed by atoms with van der Waals surface area (Å²) in [5, 5.41) is 2.85. The standard InChI is InChI=1S/C29H34N2O5S/c1-19(2)26(28(33)36-29(4,5)6)31-37(34,35)24-16-17-25(20(3)18-24)21-12-14-22(15-13-21)27(32)30-23-10-8-7-9-11-23/h7-19,26,31H,1-6H3,(H,30,32). The molecule has 0 aliphatic heterocycles. The fourth-order valence-electron chi connectivity index (χ4n) is 3.71. The van der Waals surface area contributed by atoms with Crippen molar-refractivity contribution in [3.8, 4) is 11.1 Å². The summed E-state index contributed by atoms with van der Waals surface area (Å²) in [6.07, 6.45) is 0. The minimum absolute atomic E-state index is 0.0572. The van der Waals surface area contributed by atoms with E-state index in [1.807, 2.05) is 49.4 Å². The van der Waals surface area contributed by atoms with Gasteiger partial charge in [0.1, 0.15) is 11.6 Å². The molecule has 0 aliphatic rings. The second-order valence-corrected chi connectivity index (χ2v) is 12.0. The van der Waals surface area contributed by atoms with Gasteiger partial charge in [-0.2, -0.15) is 4.72 Å². The lowest BCUT2D eigenvalue weighted by Crippen LogP contribution is -2.47. The molecule has 0 saturated carbocycles. The largest absolute Gasteiger partial charge is 0.459 e. The topological polar surface area (TPSA) is 102 Å². The summed E-state index contributed by atoms with van der Waals surface area (Å²) in [6.45, 7) is 10.5. The maximum Gasteiger partial charge on any atom is 0.324 e. The van der Waals surface area contributed by atoms with Crippen molar-refractivity contribution < 1.29 is 22.7 Å². The number of rotatable bonds is 8. The van der Waals surface area contributed by atoms with Crippen LogP contribution in [-0.4, -0.2) is 31.9 Å². The predicted molar refractivity (Wildman–Crippen MR) is 146 cm³/mol. The van der Waals surface area contributed by atoms with Gasteiger partial charge in [0.15, 0.2) is 0 Å². The third-order valence-corrected chi connectivity index (χ3v) is 7.05. The van der Waals surface area contributed by atoms with Gasteiger partial charge in [-0.25, -0.2) is 8.42 Å². The molecule has 0 saturated heterocycles. The highest BCUT2D eigenvalue weighted by Crippen LogP contribution is 2.27. The first kappa shape index (κ1) is 28.1. The number of sulfonamides is 1. The van der Waals surface area contributed by atoms with Crippen molar-refractivity contribution >= 4 is 27.6 Å². The lowest BCUT2D eigenvalue weighted by atomic mass is 9.99. The Balaban J connectivity index is 1.78. The van der Waals surface area contributed by atoms with Gasteiger partial charge in [0.05, 0.1) is 4.90 Å². The number of nitrogens with one attached hydrogen (secondary N) is 2. The van der Waals surface area contributed by atoms with Gasteiger partial charge in [0.25, 0.3) is 5.91 Å². The van der Waals surface area contributed by atoms with Crippen LogP contribution in [0.3, 0.4) is 0 Å². The molecule has 8 heteroatoms. The molecule has 1 amide bonds. The second-order valence-electron chi connectivity index (χ2n) is 10.3. The molecule has 3 rings (SSSR count). The molecule has 3 aromatic rings. The molecule has 0 heterocycles. The van der Waals surface area contributed by atoms with Crippen molar-refractivity contribution in [1.29, 1.82) is 0 Å². The number of esters is 1. The van der Waals surface area contributed by atoms with Crippen molar-refractivity contribution in [3.63, 3.8) is 0 Å². The average Bonchev–Trinajstić information content (AvgIpc) is 2.82. The summed E-state index contributed by atoms with van der Waals surface area (Å²) in [6, 6.07) is 20.1. The summed E-state index contributed by atoms with van der Waals surface area (Å²) in [5.74, 6) is -1.13. The molecule has 1 atom stereocenters. The molecule has 196 valence electrons. The number of hydrogen-bond acceptors (Lipinski definition) is 5. The Hall–Kier alpha value is -3.49. The zero-order valence-corrected chi connectivity index (χ0v) is 22.8. The van der Waals surface area contributed by atoms with Crippen LogP contribution < -0.4 is 10.0 Å².